The van der Waals surface area contributed by atoms with Gasteiger partial charge in [0.15, 0.2) is 6.04 Å². The predicted octanol–water partition coefficient (Wildman–Crippen LogP) is 1.46. The molecule has 0 heterocycles. The van der Waals surface area contributed by atoms with Gasteiger partial charge in [0.25, 0.3) is 0 Å². The van der Waals surface area contributed by atoms with Crippen LogP contribution in [0.3, 0.4) is 0 Å². The Labute approximate surface area is 159 Å². The highest BCUT2D eigenvalue weighted by Crippen LogP contribution is 2.13. The van der Waals surface area contributed by atoms with Crippen molar-refractivity contribution in [2.75, 3.05) is 13.7 Å². The van der Waals surface area contributed by atoms with Gasteiger partial charge in [-0.05, 0) is 33.3 Å². The molecule has 0 bridgehead atoms. The first-order valence-electron chi connectivity index (χ1n) is 8.61. The smallest absolute Gasteiger partial charge is 0.408 e. The van der Waals surface area contributed by atoms with E-state index >= 15 is 0 Å². The van der Waals surface area contributed by atoms with E-state index in [1.165, 1.54) is 18.9 Å². The lowest BCUT2D eigenvalue weighted by molar-refractivity contribution is -0.155. The van der Waals surface area contributed by atoms with Crippen molar-refractivity contribution in [3.8, 4) is 0 Å². The average molecular weight is 380 g/mol. The Bertz CT molecular complexity index is 641. The SMILES string of the molecule is COC(=O)C(CO)N(Cc1ccccc1)C(=O)C(C)NC(=O)OC(C)(C)C. The summed E-state index contributed by atoms with van der Waals surface area (Å²) in [6.45, 7) is 6.07. The second kappa shape index (κ2) is 9.91. The fourth-order valence-electron chi connectivity index (χ4n) is 2.35. The van der Waals surface area contributed by atoms with Gasteiger partial charge in [-0.25, -0.2) is 9.59 Å². The molecule has 1 aromatic carbocycles. The number of esters is 1. The van der Waals surface area contributed by atoms with Gasteiger partial charge in [0.05, 0.1) is 13.7 Å². The monoisotopic (exact) mass is 380 g/mol. The third kappa shape index (κ3) is 7.26. The van der Waals surface area contributed by atoms with Gasteiger partial charge in [-0.2, -0.15) is 0 Å². The van der Waals surface area contributed by atoms with E-state index in [9.17, 15) is 19.5 Å². The highest BCUT2D eigenvalue weighted by Gasteiger charge is 2.33. The summed E-state index contributed by atoms with van der Waals surface area (Å²) < 4.78 is 9.84. The number of methoxy groups -OCH3 is 1. The summed E-state index contributed by atoms with van der Waals surface area (Å²) in [4.78, 5) is 38.1. The van der Waals surface area contributed by atoms with Gasteiger partial charge in [0.1, 0.15) is 11.6 Å². The van der Waals surface area contributed by atoms with Crippen molar-refractivity contribution in [1.82, 2.24) is 10.2 Å². The van der Waals surface area contributed by atoms with Crippen LogP contribution in [-0.4, -0.2) is 59.4 Å². The number of hydrogen-bond donors (Lipinski definition) is 2. The van der Waals surface area contributed by atoms with Crippen LogP contribution in [0.4, 0.5) is 4.79 Å². The van der Waals surface area contributed by atoms with Crippen LogP contribution in [0, 0.1) is 0 Å². The quantitative estimate of drug-likeness (QED) is 0.694. The summed E-state index contributed by atoms with van der Waals surface area (Å²) in [7, 11) is 1.18. The molecule has 0 radical (unpaired) electrons. The fourth-order valence-corrected chi connectivity index (χ4v) is 2.35. The molecule has 0 saturated carbocycles. The molecule has 0 aliphatic rings. The number of aliphatic hydroxyl groups excluding tert-OH is 1. The Balaban J connectivity index is 3.00. The number of alkyl carbamates (subject to hydrolysis) is 1. The topological polar surface area (TPSA) is 105 Å². The first-order valence-corrected chi connectivity index (χ1v) is 8.61. The van der Waals surface area contributed by atoms with Gasteiger partial charge in [-0.3, -0.25) is 4.79 Å². The number of amides is 2. The highest BCUT2D eigenvalue weighted by molar-refractivity contribution is 5.89. The Morgan fingerprint density at radius 2 is 1.78 bits per heavy atom. The van der Waals surface area contributed by atoms with Crippen LogP contribution in [-0.2, 0) is 25.6 Å². The van der Waals surface area contributed by atoms with Gasteiger partial charge in [0.2, 0.25) is 5.91 Å². The van der Waals surface area contributed by atoms with Crippen molar-refractivity contribution in [3.05, 3.63) is 35.9 Å². The first kappa shape index (κ1) is 22.4. The van der Waals surface area contributed by atoms with E-state index in [2.05, 4.69) is 5.32 Å². The van der Waals surface area contributed by atoms with Crippen molar-refractivity contribution >= 4 is 18.0 Å². The molecular weight excluding hydrogens is 352 g/mol. The van der Waals surface area contributed by atoms with Crippen molar-refractivity contribution < 1.29 is 29.0 Å². The molecule has 0 saturated heterocycles. The van der Waals surface area contributed by atoms with Crippen LogP contribution in [0.5, 0.6) is 0 Å². The summed E-state index contributed by atoms with van der Waals surface area (Å²) >= 11 is 0. The van der Waals surface area contributed by atoms with E-state index in [4.69, 9.17) is 9.47 Å². The van der Waals surface area contributed by atoms with Gasteiger partial charge < -0.3 is 24.8 Å². The molecule has 27 heavy (non-hydrogen) atoms. The number of carbonyl (C=O) groups is 3. The zero-order valence-electron chi connectivity index (χ0n) is 16.4. The van der Waals surface area contributed by atoms with Gasteiger partial charge in [0, 0.05) is 6.54 Å². The second-order valence-corrected chi connectivity index (χ2v) is 7.04. The number of aliphatic hydroxyl groups is 1. The Hall–Kier alpha value is -2.61. The van der Waals surface area contributed by atoms with Crippen molar-refractivity contribution in [2.24, 2.45) is 0 Å². The molecule has 2 unspecified atom stereocenters. The summed E-state index contributed by atoms with van der Waals surface area (Å²) in [5.41, 5.74) is 0.0497. The van der Waals surface area contributed by atoms with E-state index in [1.54, 1.807) is 45.0 Å². The Morgan fingerprint density at radius 3 is 2.26 bits per heavy atom. The first-order chi connectivity index (χ1) is 12.6. The Kier molecular flexibility index (Phi) is 8.24. The van der Waals surface area contributed by atoms with Crippen molar-refractivity contribution in [1.29, 1.82) is 0 Å². The predicted molar refractivity (Wildman–Crippen MR) is 98.7 cm³/mol. The molecule has 2 atom stereocenters. The number of hydrogen-bond acceptors (Lipinski definition) is 6. The van der Waals surface area contributed by atoms with E-state index in [-0.39, 0.29) is 6.54 Å². The van der Waals surface area contributed by atoms with E-state index in [0.717, 1.165) is 5.56 Å². The number of benzene rings is 1. The molecule has 150 valence electrons. The molecule has 8 heteroatoms. The zero-order valence-corrected chi connectivity index (χ0v) is 16.4. The minimum absolute atomic E-state index is 0.0698. The molecule has 8 nitrogen and oxygen atoms in total. The molecule has 1 aromatic rings. The summed E-state index contributed by atoms with van der Waals surface area (Å²) in [5.74, 6) is -1.29. The Morgan fingerprint density at radius 1 is 1.19 bits per heavy atom. The lowest BCUT2D eigenvalue weighted by Gasteiger charge is -2.31. The molecular formula is C19H28N2O6. The normalized spacial score (nSPS) is 13.3. The van der Waals surface area contributed by atoms with Crippen LogP contribution in [0.1, 0.15) is 33.3 Å². The van der Waals surface area contributed by atoms with E-state index in [0.29, 0.717) is 0 Å². The van der Waals surface area contributed by atoms with Gasteiger partial charge >= 0.3 is 12.1 Å². The third-order valence-corrected chi connectivity index (χ3v) is 3.60. The van der Waals surface area contributed by atoms with Crippen molar-refractivity contribution in [2.45, 2.75) is 51.9 Å². The molecule has 0 aromatic heterocycles. The maximum Gasteiger partial charge on any atom is 0.408 e. The van der Waals surface area contributed by atoms with E-state index < -0.39 is 42.3 Å². The van der Waals surface area contributed by atoms with Gasteiger partial charge in [-0.1, -0.05) is 30.3 Å². The minimum Gasteiger partial charge on any atom is -0.467 e. The summed E-state index contributed by atoms with van der Waals surface area (Å²) in [6.07, 6.45) is -0.748. The molecule has 0 spiro atoms. The summed E-state index contributed by atoms with van der Waals surface area (Å²) in [5, 5.41) is 12.1. The lowest BCUT2D eigenvalue weighted by Crippen LogP contribution is -2.54. The number of ether oxygens (including phenoxy) is 2. The van der Waals surface area contributed by atoms with Crippen LogP contribution in [0.25, 0.3) is 0 Å². The van der Waals surface area contributed by atoms with Crippen molar-refractivity contribution in [3.63, 3.8) is 0 Å². The molecule has 2 N–H and O–H groups in total. The zero-order chi connectivity index (χ0) is 20.6. The largest absolute Gasteiger partial charge is 0.467 e. The average Bonchev–Trinajstić information content (AvgIpc) is 2.59. The molecule has 0 aliphatic heterocycles. The number of nitrogens with zero attached hydrogens (tertiary/aromatic N) is 1. The summed E-state index contributed by atoms with van der Waals surface area (Å²) in [6, 6.07) is 6.84. The molecule has 0 fully saturated rings. The second-order valence-electron chi connectivity index (χ2n) is 7.04. The van der Waals surface area contributed by atoms with Crippen LogP contribution in [0.2, 0.25) is 0 Å². The third-order valence-electron chi connectivity index (χ3n) is 3.60. The lowest BCUT2D eigenvalue weighted by atomic mass is 10.1. The maximum absolute atomic E-state index is 12.9. The minimum atomic E-state index is -1.19. The molecule has 0 aliphatic carbocycles. The maximum atomic E-state index is 12.9. The van der Waals surface area contributed by atoms with Crippen LogP contribution >= 0.6 is 0 Å². The van der Waals surface area contributed by atoms with Crippen LogP contribution < -0.4 is 5.32 Å². The molecule has 1 rings (SSSR count). The van der Waals surface area contributed by atoms with Crippen LogP contribution in [0.15, 0.2) is 30.3 Å². The van der Waals surface area contributed by atoms with Gasteiger partial charge in [-0.15, -0.1) is 0 Å². The van der Waals surface area contributed by atoms with E-state index in [1.807, 2.05) is 6.07 Å². The standard InChI is InChI=1S/C19H28N2O6/c1-13(20-18(25)27-19(2,3)4)16(23)21(15(12-22)17(24)26-5)11-14-9-7-6-8-10-14/h6-10,13,15,22H,11-12H2,1-5H3,(H,20,25). The number of rotatable bonds is 7. The highest BCUT2D eigenvalue weighted by atomic mass is 16.6. The number of nitrogens with one attached hydrogen (secondary N) is 1. The number of carbonyl (C=O) groups excluding carboxylic acids is 3. The molecule has 2 amide bonds. The fraction of sp³-hybridized carbons (Fsp3) is 0.526.